The molecule has 0 fully saturated rings. The van der Waals surface area contributed by atoms with Gasteiger partial charge in [-0.3, -0.25) is 4.79 Å². The third-order valence-electron chi connectivity index (χ3n) is 2.47. The molecule has 0 N–H and O–H groups in total. The number of fused-ring (bicyclic) bond motifs is 1. The molecule has 1 aromatic carbocycles. The molecule has 1 amide bonds. The lowest BCUT2D eigenvalue weighted by molar-refractivity contribution is -0.151. The quantitative estimate of drug-likeness (QED) is 0.820. The van der Waals surface area contributed by atoms with E-state index in [1.807, 2.05) is 0 Å². The molecule has 0 radical (unpaired) electrons. The monoisotopic (exact) mass is 261 g/mol. The van der Waals surface area contributed by atoms with E-state index >= 15 is 0 Å². The molecular formula is C11H10F3NO3. The van der Waals surface area contributed by atoms with Crippen LogP contribution in [0.25, 0.3) is 0 Å². The number of carbonyl (C=O) groups is 1. The number of hydrogen-bond donors (Lipinski definition) is 0. The fourth-order valence-corrected chi connectivity index (χ4v) is 1.53. The normalized spacial score (nSPS) is 13.6. The highest BCUT2D eigenvalue weighted by atomic mass is 19.4. The number of amides is 1. The van der Waals surface area contributed by atoms with E-state index in [0.29, 0.717) is 17.2 Å². The third-order valence-corrected chi connectivity index (χ3v) is 2.47. The fourth-order valence-electron chi connectivity index (χ4n) is 1.53. The van der Waals surface area contributed by atoms with Crippen LogP contribution in [0, 0.1) is 0 Å². The van der Waals surface area contributed by atoms with Crippen molar-refractivity contribution >= 4 is 11.6 Å². The number of rotatable bonds is 2. The first-order valence-corrected chi connectivity index (χ1v) is 5.10. The molecule has 0 aliphatic carbocycles. The first-order chi connectivity index (χ1) is 8.37. The van der Waals surface area contributed by atoms with E-state index in [0.717, 1.165) is 4.90 Å². The molecule has 0 saturated heterocycles. The van der Waals surface area contributed by atoms with Gasteiger partial charge in [-0.15, -0.1) is 0 Å². The van der Waals surface area contributed by atoms with Gasteiger partial charge in [0.15, 0.2) is 11.5 Å². The summed E-state index contributed by atoms with van der Waals surface area (Å²) in [6, 6.07) is 4.52. The van der Waals surface area contributed by atoms with Crippen LogP contribution in [-0.2, 0) is 4.79 Å². The molecule has 7 heteroatoms. The second kappa shape index (κ2) is 4.40. The van der Waals surface area contributed by atoms with Crippen molar-refractivity contribution in [3.8, 4) is 11.5 Å². The van der Waals surface area contributed by atoms with Crippen molar-refractivity contribution in [2.75, 3.05) is 18.7 Å². The Morgan fingerprint density at radius 2 is 2.00 bits per heavy atom. The van der Waals surface area contributed by atoms with Gasteiger partial charge in [0, 0.05) is 18.8 Å². The van der Waals surface area contributed by atoms with Crippen LogP contribution in [-0.4, -0.2) is 25.9 Å². The standard InChI is InChI=1S/C11H10F3NO3/c1-15(10(16)5-11(12,13)14)7-2-3-8-9(4-7)18-6-17-8/h2-4H,5-6H2,1H3. The zero-order valence-corrected chi connectivity index (χ0v) is 9.45. The molecule has 0 unspecified atom stereocenters. The highest BCUT2D eigenvalue weighted by molar-refractivity contribution is 5.93. The number of hydrogen-bond acceptors (Lipinski definition) is 3. The first-order valence-electron chi connectivity index (χ1n) is 5.10. The van der Waals surface area contributed by atoms with E-state index in [1.54, 1.807) is 6.07 Å². The number of nitrogens with zero attached hydrogens (tertiary/aromatic N) is 1. The highest BCUT2D eigenvalue weighted by Gasteiger charge is 2.33. The first kappa shape index (κ1) is 12.5. The molecule has 1 aliphatic heterocycles. The number of ether oxygens (including phenoxy) is 2. The summed E-state index contributed by atoms with van der Waals surface area (Å²) >= 11 is 0. The largest absolute Gasteiger partial charge is 0.454 e. The van der Waals surface area contributed by atoms with Crippen LogP contribution in [0.15, 0.2) is 18.2 Å². The van der Waals surface area contributed by atoms with Gasteiger partial charge in [-0.2, -0.15) is 13.2 Å². The van der Waals surface area contributed by atoms with Gasteiger partial charge in [-0.25, -0.2) is 0 Å². The topological polar surface area (TPSA) is 38.8 Å². The van der Waals surface area contributed by atoms with Crippen molar-refractivity contribution in [1.82, 2.24) is 0 Å². The maximum atomic E-state index is 12.1. The lowest BCUT2D eigenvalue weighted by Crippen LogP contribution is -2.30. The number of benzene rings is 1. The zero-order chi connectivity index (χ0) is 13.3. The zero-order valence-electron chi connectivity index (χ0n) is 9.45. The molecule has 0 bridgehead atoms. The molecule has 1 aliphatic rings. The van der Waals surface area contributed by atoms with Crippen LogP contribution >= 0.6 is 0 Å². The number of alkyl halides is 3. The lowest BCUT2D eigenvalue weighted by Gasteiger charge is -2.18. The lowest BCUT2D eigenvalue weighted by atomic mass is 10.2. The Morgan fingerprint density at radius 3 is 2.67 bits per heavy atom. The molecule has 2 rings (SSSR count). The van der Waals surface area contributed by atoms with Gasteiger partial charge in [-0.1, -0.05) is 0 Å². The molecule has 0 saturated carbocycles. The van der Waals surface area contributed by atoms with E-state index in [-0.39, 0.29) is 6.79 Å². The SMILES string of the molecule is CN(C(=O)CC(F)(F)F)c1ccc2c(c1)OCO2. The van der Waals surface area contributed by atoms with Crippen molar-refractivity contribution in [1.29, 1.82) is 0 Å². The van der Waals surface area contributed by atoms with Gasteiger partial charge >= 0.3 is 6.18 Å². The van der Waals surface area contributed by atoms with Gasteiger partial charge in [0.25, 0.3) is 0 Å². The highest BCUT2D eigenvalue weighted by Crippen LogP contribution is 2.35. The van der Waals surface area contributed by atoms with Crippen LogP contribution in [0.2, 0.25) is 0 Å². The Labute approximate surface area is 101 Å². The van der Waals surface area contributed by atoms with Crippen molar-refractivity contribution in [2.24, 2.45) is 0 Å². The maximum absolute atomic E-state index is 12.1. The molecule has 1 heterocycles. The van der Waals surface area contributed by atoms with Gasteiger partial charge < -0.3 is 14.4 Å². The minimum absolute atomic E-state index is 0.0685. The summed E-state index contributed by atoms with van der Waals surface area (Å²) in [7, 11) is 1.28. The number of halogens is 3. The Hall–Kier alpha value is -1.92. The summed E-state index contributed by atoms with van der Waals surface area (Å²) < 4.78 is 46.5. The van der Waals surface area contributed by atoms with Gasteiger partial charge in [0.2, 0.25) is 12.7 Å². The van der Waals surface area contributed by atoms with Crippen LogP contribution in [0.1, 0.15) is 6.42 Å². The molecule has 0 spiro atoms. The predicted octanol–water partition coefficient (Wildman–Crippen LogP) is 2.33. The molecule has 1 aromatic rings. The Balaban J connectivity index is 2.14. The molecule has 18 heavy (non-hydrogen) atoms. The minimum atomic E-state index is -4.51. The van der Waals surface area contributed by atoms with E-state index in [4.69, 9.17) is 9.47 Å². The molecule has 4 nitrogen and oxygen atoms in total. The maximum Gasteiger partial charge on any atom is 0.397 e. The fraction of sp³-hybridized carbons (Fsp3) is 0.364. The van der Waals surface area contributed by atoms with Crippen LogP contribution < -0.4 is 14.4 Å². The van der Waals surface area contributed by atoms with Crippen LogP contribution in [0.4, 0.5) is 18.9 Å². The summed E-state index contributed by atoms with van der Waals surface area (Å²) in [5, 5.41) is 0. The molecule has 0 atom stereocenters. The second-order valence-corrected chi connectivity index (χ2v) is 3.78. The van der Waals surface area contributed by atoms with Crippen molar-refractivity contribution < 1.29 is 27.4 Å². The van der Waals surface area contributed by atoms with Crippen molar-refractivity contribution in [3.05, 3.63) is 18.2 Å². The van der Waals surface area contributed by atoms with Gasteiger partial charge in [0.05, 0.1) is 0 Å². The van der Waals surface area contributed by atoms with Crippen LogP contribution in [0.5, 0.6) is 11.5 Å². The molecular weight excluding hydrogens is 251 g/mol. The van der Waals surface area contributed by atoms with Crippen molar-refractivity contribution in [3.63, 3.8) is 0 Å². The van der Waals surface area contributed by atoms with E-state index in [9.17, 15) is 18.0 Å². The molecule has 0 aromatic heterocycles. The minimum Gasteiger partial charge on any atom is -0.454 e. The van der Waals surface area contributed by atoms with Gasteiger partial charge in [0.1, 0.15) is 6.42 Å². The summed E-state index contributed by atoms with van der Waals surface area (Å²) in [5.41, 5.74) is 0.327. The van der Waals surface area contributed by atoms with E-state index < -0.39 is 18.5 Å². The van der Waals surface area contributed by atoms with Crippen LogP contribution in [0.3, 0.4) is 0 Å². The third kappa shape index (κ3) is 2.66. The van der Waals surface area contributed by atoms with Crippen molar-refractivity contribution in [2.45, 2.75) is 12.6 Å². The second-order valence-electron chi connectivity index (χ2n) is 3.78. The smallest absolute Gasteiger partial charge is 0.397 e. The van der Waals surface area contributed by atoms with Gasteiger partial charge in [-0.05, 0) is 12.1 Å². The Bertz CT molecular complexity index is 473. The number of carbonyl (C=O) groups excluding carboxylic acids is 1. The summed E-state index contributed by atoms with van der Waals surface area (Å²) in [6.45, 7) is 0.0685. The Kier molecular flexibility index (Phi) is 3.06. The van der Waals surface area contributed by atoms with E-state index in [1.165, 1.54) is 19.2 Å². The number of anilines is 1. The summed E-state index contributed by atoms with van der Waals surface area (Å²) in [5.74, 6) is -0.101. The summed E-state index contributed by atoms with van der Waals surface area (Å²) in [4.78, 5) is 12.3. The average molecular weight is 261 g/mol. The average Bonchev–Trinajstić information content (AvgIpc) is 2.72. The Morgan fingerprint density at radius 1 is 1.33 bits per heavy atom. The van der Waals surface area contributed by atoms with E-state index in [2.05, 4.69) is 0 Å². The summed E-state index contributed by atoms with van der Waals surface area (Å²) in [6.07, 6.45) is -6.00. The predicted molar refractivity (Wildman–Crippen MR) is 56.6 cm³/mol. The molecule has 98 valence electrons.